The van der Waals surface area contributed by atoms with Gasteiger partial charge in [-0.1, -0.05) is 29.8 Å². The van der Waals surface area contributed by atoms with E-state index in [4.69, 9.17) is 19.2 Å². The predicted octanol–water partition coefficient (Wildman–Crippen LogP) is 3.31. The zero-order valence-electron chi connectivity index (χ0n) is 18.5. The number of aryl methyl sites for hydroxylation is 1. The summed E-state index contributed by atoms with van der Waals surface area (Å²) in [6.07, 6.45) is 5.01. The van der Waals surface area contributed by atoms with Gasteiger partial charge in [-0.2, -0.15) is 0 Å². The number of guanidine groups is 1. The molecule has 6 heteroatoms. The largest absolute Gasteiger partial charge is 0.375 e. The monoisotopic (exact) mass is 415 g/mol. The fourth-order valence-corrected chi connectivity index (χ4v) is 4.77. The van der Waals surface area contributed by atoms with Crippen molar-refractivity contribution < 1.29 is 14.2 Å². The van der Waals surface area contributed by atoms with Crippen LogP contribution in [-0.2, 0) is 14.2 Å². The minimum Gasteiger partial charge on any atom is -0.375 e. The van der Waals surface area contributed by atoms with E-state index in [1.165, 1.54) is 11.1 Å². The molecule has 0 aliphatic carbocycles. The molecule has 0 aromatic heterocycles. The van der Waals surface area contributed by atoms with Crippen LogP contribution in [0.25, 0.3) is 0 Å². The Labute approximate surface area is 181 Å². The third-order valence-corrected chi connectivity index (χ3v) is 6.43. The van der Waals surface area contributed by atoms with Crippen LogP contribution in [0.4, 0.5) is 0 Å². The highest BCUT2D eigenvalue weighted by molar-refractivity contribution is 5.80. The van der Waals surface area contributed by atoms with E-state index < -0.39 is 0 Å². The molecule has 0 saturated carbocycles. The maximum atomic E-state index is 6.20. The average Bonchev–Trinajstić information content (AvgIpc) is 3.33. The van der Waals surface area contributed by atoms with E-state index in [1.807, 2.05) is 0 Å². The van der Waals surface area contributed by atoms with Crippen molar-refractivity contribution in [1.29, 1.82) is 0 Å². The standard InChI is InChI=1S/C24H37N3O3/c1-3-25-24(27-12-15-29-22(17-27)21-7-5-13-28-21)26-16-20-6-4-14-30-23(20)19-10-8-18(2)9-11-19/h8-11,20-23H,3-7,12-17H2,1-2H3,(H,25,26). The molecule has 6 nitrogen and oxygen atoms in total. The number of nitrogens with zero attached hydrogens (tertiary/aromatic N) is 2. The predicted molar refractivity (Wildman–Crippen MR) is 119 cm³/mol. The normalized spacial score (nSPS) is 30.5. The van der Waals surface area contributed by atoms with Crippen LogP contribution >= 0.6 is 0 Å². The molecule has 1 N–H and O–H groups in total. The summed E-state index contributed by atoms with van der Waals surface area (Å²) in [5.41, 5.74) is 2.56. The third-order valence-electron chi connectivity index (χ3n) is 6.43. The van der Waals surface area contributed by atoms with E-state index in [0.717, 1.165) is 77.6 Å². The summed E-state index contributed by atoms with van der Waals surface area (Å²) in [7, 11) is 0. The number of rotatable bonds is 5. The van der Waals surface area contributed by atoms with Crippen molar-refractivity contribution in [2.24, 2.45) is 10.9 Å². The van der Waals surface area contributed by atoms with E-state index >= 15 is 0 Å². The first-order chi connectivity index (χ1) is 14.7. The number of aliphatic imine (C=N–C) groups is 1. The Bertz CT molecular complexity index is 687. The van der Waals surface area contributed by atoms with Crippen LogP contribution in [0.15, 0.2) is 29.3 Å². The molecule has 4 unspecified atom stereocenters. The van der Waals surface area contributed by atoms with Crippen LogP contribution in [0.2, 0.25) is 0 Å². The van der Waals surface area contributed by atoms with Crippen LogP contribution < -0.4 is 5.32 Å². The Balaban J connectivity index is 1.43. The van der Waals surface area contributed by atoms with E-state index in [0.29, 0.717) is 5.92 Å². The number of morpholine rings is 1. The molecule has 1 aromatic rings. The molecule has 3 aliphatic rings. The van der Waals surface area contributed by atoms with Crippen molar-refractivity contribution in [2.75, 3.05) is 46.0 Å². The molecule has 3 fully saturated rings. The van der Waals surface area contributed by atoms with Gasteiger partial charge in [-0.25, -0.2) is 0 Å². The molecule has 3 aliphatic heterocycles. The van der Waals surface area contributed by atoms with Crippen molar-refractivity contribution in [3.63, 3.8) is 0 Å². The molecular formula is C24H37N3O3. The Hall–Kier alpha value is -1.63. The second-order valence-electron chi connectivity index (χ2n) is 8.71. The lowest BCUT2D eigenvalue weighted by Crippen LogP contribution is -2.53. The number of nitrogens with one attached hydrogen (secondary N) is 1. The van der Waals surface area contributed by atoms with Crippen molar-refractivity contribution in [1.82, 2.24) is 10.2 Å². The van der Waals surface area contributed by atoms with Crippen molar-refractivity contribution >= 4 is 5.96 Å². The molecule has 1 aromatic carbocycles. The summed E-state index contributed by atoms with van der Waals surface area (Å²) in [5.74, 6) is 1.40. The highest BCUT2D eigenvalue weighted by Gasteiger charge is 2.33. The number of ether oxygens (including phenoxy) is 3. The van der Waals surface area contributed by atoms with Gasteiger partial charge >= 0.3 is 0 Å². The molecule has 166 valence electrons. The second kappa shape index (κ2) is 10.6. The SMILES string of the molecule is CCNC(=NCC1CCCOC1c1ccc(C)cc1)N1CCOC(C2CCCO2)C1. The highest BCUT2D eigenvalue weighted by Crippen LogP contribution is 2.34. The lowest BCUT2D eigenvalue weighted by Gasteiger charge is -2.37. The van der Waals surface area contributed by atoms with Crippen LogP contribution in [0.5, 0.6) is 0 Å². The van der Waals surface area contributed by atoms with Crippen LogP contribution in [0.3, 0.4) is 0 Å². The Kier molecular flexibility index (Phi) is 7.63. The first-order valence-electron chi connectivity index (χ1n) is 11.7. The summed E-state index contributed by atoms with van der Waals surface area (Å²) >= 11 is 0. The molecule has 3 saturated heterocycles. The van der Waals surface area contributed by atoms with Gasteiger partial charge in [0.1, 0.15) is 6.10 Å². The number of hydrogen-bond acceptors (Lipinski definition) is 4. The van der Waals surface area contributed by atoms with Gasteiger partial charge in [0.2, 0.25) is 0 Å². The fourth-order valence-electron chi connectivity index (χ4n) is 4.77. The summed E-state index contributed by atoms with van der Waals surface area (Å²) in [6.45, 7) is 10.1. The van der Waals surface area contributed by atoms with Gasteiger partial charge in [-0.15, -0.1) is 0 Å². The maximum absolute atomic E-state index is 6.20. The Morgan fingerprint density at radius 3 is 2.57 bits per heavy atom. The van der Waals surface area contributed by atoms with Crippen LogP contribution in [0.1, 0.15) is 49.8 Å². The van der Waals surface area contributed by atoms with Gasteiger partial charge in [0.15, 0.2) is 5.96 Å². The van der Waals surface area contributed by atoms with Crippen molar-refractivity contribution in [2.45, 2.75) is 57.8 Å². The maximum Gasteiger partial charge on any atom is 0.194 e. The summed E-state index contributed by atoms with van der Waals surface area (Å²) in [5, 5.41) is 3.50. The van der Waals surface area contributed by atoms with E-state index in [-0.39, 0.29) is 18.3 Å². The fraction of sp³-hybridized carbons (Fsp3) is 0.708. The topological polar surface area (TPSA) is 55.3 Å². The lowest BCUT2D eigenvalue weighted by atomic mass is 9.89. The molecule has 0 amide bonds. The first kappa shape index (κ1) is 21.6. The van der Waals surface area contributed by atoms with E-state index in [2.05, 4.69) is 48.3 Å². The van der Waals surface area contributed by atoms with Gasteiger partial charge in [-0.05, 0) is 45.1 Å². The van der Waals surface area contributed by atoms with Gasteiger partial charge in [0, 0.05) is 45.3 Å². The van der Waals surface area contributed by atoms with Gasteiger partial charge in [0.25, 0.3) is 0 Å². The first-order valence-corrected chi connectivity index (χ1v) is 11.7. The molecule has 30 heavy (non-hydrogen) atoms. The minimum absolute atomic E-state index is 0.135. The van der Waals surface area contributed by atoms with E-state index in [9.17, 15) is 0 Å². The lowest BCUT2D eigenvalue weighted by molar-refractivity contribution is -0.0817. The molecule has 0 bridgehead atoms. The Morgan fingerprint density at radius 2 is 1.80 bits per heavy atom. The van der Waals surface area contributed by atoms with E-state index in [1.54, 1.807) is 0 Å². The minimum atomic E-state index is 0.135. The second-order valence-corrected chi connectivity index (χ2v) is 8.71. The average molecular weight is 416 g/mol. The smallest absolute Gasteiger partial charge is 0.194 e. The zero-order valence-corrected chi connectivity index (χ0v) is 18.5. The van der Waals surface area contributed by atoms with Crippen LogP contribution in [0, 0.1) is 12.8 Å². The highest BCUT2D eigenvalue weighted by atomic mass is 16.5. The number of benzene rings is 1. The quantitative estimate of drug-likeness (QED) is 0.591. The molecule has 3 heterocycles. The summed E-state index contributed by atoms with van der Waals surface area (Å²) < 4.78 is 18.1. The Morgan fingerprint density at radius 1 is 1.03 bits per heavy atom. The summed E-state index contributed by atoms with van der Waals surface area (Å²) in [6, 6.07) is 8.77. The van der Waals surface area contributed by atoms with Gasteiger partial charge in [-0.3, -0.25) is 4.99 Å². The third kappa shape index (κ3) is 5.34. The van der Waals surface area contributed by atoms with Crippen molar-refractivity contribution in [3.8, 4) is 0 Å². The van der Waals surface area contributed by atoms with Crippen LogP contribution in [-0.4, -0.2) is 69.1 Å². The zero-order chi connectivity index (χ0) is 20.8. The molecule has 4 rings (SSSR count). The molecular weight excluding hydrogens is 378 g/mol. The van der Waals surface area contributed by atoms with Gasteiger partial charge < -0.3 is 24.4 Å². The van der Waals surface area contributed by atoms with Gasteiger partial charge in [0.05, 0.1) is 18.8 Å². The summed E-state index contributed by atoms with van der Waals surface area (Å²) in [4.78, 5) is 7.42. The molecule has 4 atom stereocenters. The molecule has 0 radical (unpaired) electrons. The molecule has 0 spiro atoms. The van der Waals surface area contributed by atoms with Crippen molar-refractivity contribution in [3.05, 3.63) is 35.4 Å². The number of hydrogen-bond donors (Lipinski definition) is 1.